The van der Waals surface area contributed by atoms with Gasteiger partial charge < -0.3 is 36.0 Å². The van der Waals surface area contributed by atoms with Crippen LogP contribution in [0.1, 0.15) is 83.7 Å². The van der Waals surface area contributed by atoms with Gasteiger partial charge in [0.1, 0.15) is 28.7 Å². The highest BCUT2D eigenvalue weighted by Crippen LogP contribution is 2.33. The molecular formula is C53H57ClFN11O5S. The lowest BCUT2D eigenvalue weighted by atomic mass is 9.91. The average Bonchev–Trinajstić information content (AvgIpc) is 3.70. The molecule has 3 saturated heterocycles. The molecule has 10 rings (SSSR count). The molecule has 19 heteroatoms. The van der Waals surface area contributed by atoms with Gasteiger partial charge in [-0.15, -0.1) is 12.4 Å². The van der Waals surface area contributed by atoms with Crippen molar-refractivity contribution < 1.29 is 28.4 Å². The van der Waals surface area contributed by atoms with Gasteiger partial charge in [-0.1, -0.05) is 42.1 Å². The molecular weight excluding hydrogens is 957 g/mol. The molecule has 0 spiro atoms. The number of dihydropyridines is 1. The zero-order valence-corrected chi connectivity index (χ0v) is 41.5. The minimum atomic E-state index is -0.682. The van der Waals surface area contributed by atoms with E-state index in [1.807, 2.05) is 30.3 Å². The summed E-state index contributed by atoms with van der Waals surface area (Å²) in [6.07, 6.45) is 18.1. The zero-order chi connectivity index (χ0) is 49.2. The number of piperidine rings is 3. The lowest BCUT2D eigenvalue weighted by Gasteiger charge is -2.40. The standard InChI is InChI=1S/C53H56FN11O5S.ClH/c1-53(55)17-23-64(24-18-53)46-30-58-48(31-57-46)71-40-4-2-3-38(27-40)60-49(67)35-7-10-44(42(54)26-35)63-21-15-39(16-22-63)62-19-13-34(14-20-62)36-6-9-43(56-29-36)50(68)59-28-33-5-8-41-37(25-33)32-65(52(41)70)45-11-12-47(66)61-51(45)69;/h2-10,13,19,25-27,29-31,39,43,45H,11-12,14-18,20-24,28,32,55H2,1H3,(H,59,68)(H,60,67)(H,61,66,69);1H. The smallest absolute Gasteiger partial charge is 0.255 e. The van der Waals surface area contributed by atoms with Crippen molar-refractivity contribution in [1.82, 2.24) is 30.4 Å². The molecule has 16 nitrogen and oxygen atoms in total. The normalized spacial score (nSPS) is 21.8. The molecule has 1 aromatic heterocycles. The first-order chi connectivity index (χ1) is 34.3. The molecule has 3 aromatic carbocycles. The number of rotatable bonds is 11. The fourth-order valence-corrected chi connectivity index (χ4v) is 10.8. The second-order valence-electron chi connectivity index (χ2n) is 19.3. The number of imide groups is 1. The second-order valence-corrected chi connectivity index (χ2v) is 20.4. The van der Waals surface area contributed by atoms with Gasteiger partial charge in [-0.3, -0.25) is 34.3 Å². The van der Waals surface area contributed by atoms with Crippen molar-refractivity contribution in [3.8, 4) is 0 Å². The van der Waals surface area contributed by atoms with E-state index in [4.69, 9.17) is 5.73 Å². The summed E-state index contributed by atoms with van der Waals surface area (Å²) >= 11 is 1.45. The Hall–Kier alpha value is -6.89. The average molecular weight is 1010 g/mol. The third kappa shape index (κ3) is 11.2. The fourth-order valence-electron chi connectivity index (χ4n) is 10.0. The number of aliphatic imine (C=N–C) groups is 1. The summed E-state index contributed by atoms with van der Waals surface area (Å²) in [4.78, 5) is 86.3. The van der Waals surface area contributed by atoms with Crippen molar-refractivity contribution >= 4 is 77.1 Å². The maximum atomic E-state index is 15.7. The number of nitrogens with two attached hydrogens (primary N) is 1. The molecule has 3 fully saturated rings. The quantitative estimate of drug-likeness (QED) is 0.122. The SMILES string of the molecule is CC1(N)CCN(c2cnc(Sc3cccc(NC(=O)c4ccc(N5CCC(N6C=CC(=C7C=CC(C(=O)NCc8ccc9c(c8)CN(C8CCC(=O)NC8=O)C9=O)N=C7)CC6)CC5)c(F)c4)c3)cn2)CC1.Cl. The largest absolute Gasteiger partial charge is 0.374 e. The van der Waals surface area contributed by atoms with Crippen LogP contribution >= 0.6 is 24.2 Å². The van der Waals surface area contributed by atoms with E-state index in [1.54, 1.807) is 55.0 Å². The maximum Gasteiger partial charge on any atom is 0.255 e. The molecule has 6 aliphatic rings. The summed E-state index contributed by atoms with van der Waals surface area (Å²) in [5.74, 6) is -1.25. The first kappa shape index (κ1) is 50.1. The molecule has 0 bridgehead atoms. The van der Waals surface area contributed by atoms with Crippen LogP contribution in [0.2, 0.25) is 0 Å². The van der Waals surface area contributed by atoms with Crippen molar-refractivity contribution in [2.24, 2.45) is 10.7 Å². The number of hydrogen-bond acceptors (Lipinski definition) is 13. The van der Waals surface area contributed by atoms with E-state index in [2.05, 4.69) is 64.8 Å². The van der Waals surface area contributed by atoms with E-state index < -0.39 is 29.7 Å². The third-order valence-corrected chi connectivity index (χ3v) is 15.2. The van der Waals surface area contributed by atoms with E-state index in [0.29, 0.717) is 42.5 Å². The van der Waals surface area contributed by atoms with Gasteiger partial charge in [0.25, 0.3) is 11.8 Å². The van der Waals surface area contributed by atoms with Gasteiger partial charge in [0, 0.05) is 91.7 Å². The van der Waals surface area contributed by atoms with Gasteiger partial charge in [0.15, 0.2) is 0 Å². The van der Waals surface area contributed by atoms with Crippen LogP contribution in [0, 0.1) is 5.82 Å². The molecule has 0 saturated carbocycles. The van der Waals surface area contributed by atoms with E-state index >= 15 is 4.39 Å². The minimum Gasteiger partial charge on any atom is -0.374 e. The molecule has 0 aliphatic carbocycles. The predicted molar refractivity (Wildman–Crippen MR) is 277 cm³/mol. The summed E-state index contributed by atoms with van der Waals surface area (Å²) < 4.78 is 15.7. The van der Waals surface area contributed by atoms with Gasteiger partial charge in [-0.25, -0.2) is 14.4 Å². The molecule has 5 N–H and O–H groups in total. The molecule has 72 heavy (non-hydrogen) atoms. The number of benzene rings is 3. The number of amides is 5. The number of halogens is 2. The predicted octanol–water partition coefficient (Wildman–Crippen LogP) is 6.33. The summed E-state index contributed by atoms with van der Waals surface area (Å²) in [7, 11) is 0. The molecule has 6 aliphatic heterocycles. The Morgan fingerprint density at radius 1 is 0.917 bits per heavy atom. The highest BCUT2D eigenvalue weighted by Gasteiger charge is 2.39. The zero-order valence-electron chi connectivity index (χ0n) is 39.9. The molecule has 5 amide bonds. The number of nitrogens with one attached hydrogen (secondary N) is 3. The summed E-state index contributed by atoms with van der Waals surface area (Å²) in [6.45, 7) is 6.50. The first-order valence-electron chi connectivity index (χ1n) is 24.2. The molecule has 2 unspecified atom stereocenters. The van der Waals surface area contributed by atoms with Crippen molar-refractivity contribution in [3.05, 3.63) is 137 Å². The number of carbonyl (C=O) groups excluding carboxylic acids is 5. The Balaban J connectivity index is 0.00000640. The van der Waals surface area contributed by atoms with Gasteiger partial charge in [-0.05, 0) is 122 Å². The monoisotopic (exact) mass is 1010 g/mol. The van der Waals surface area contributed by atoms with Gasteiger partial charge in [-0.2, -0.15) is 0 Å². The van der Waals surface area contributed by atoms with Crippen LogP contribution in [0.3, 0.4) is 0 Å². The Kier molecular flexibility index (Phi) is 14.9. The molecule has 4 aromatic rings. The van der Waals surface area contributed by atoms with Crippen LogP contribution < -0.4 is 31.5 Å². The first-order valence-corrected chi connectivity index (χ1v) is 25.1. The highest BCUT2D eigenvalue weighted by atomic mass is 35.5. The number of fused-ring (bicyclic) bond motifs is 1. The van der Waals surface area contributed by atoms with Crippen LogP contribution in [0.25, 0.3) is 0 Å². The number of carbonyl (C=O) groups is 5. The number of nitrogens with zero attached hydrogens (tertiary/aromatic N) is 7. The van der Waals surface area contributed by atoms with Gasteiger partial charge in [0.2, 0.25) is 17.7 Å². The number of allylic oxidation sites excluding steroid dienone is 3. The number of hydrogen-bond donors (Lipinski definition) is 4. The van der Waals surface area contributed by atoms with Crippen LogP contribution in [-0.2, 0) is 27.5 Å². The number of aromatic nitrogens is 2. The Morgan fingerprint density at radius 2 is 1.74 bits per heavy atom. The Labute approximate surface area is 427 Å². The van der Waals surface area contributed by atoms with Crippen LogP contribution in [0.5, 0.6) is 0 Å². The summed E-state index contributed by atoms with van der Waals surface area (Å²) in [5.41, 5.74) is 11.7. The van der Waals surface area contributed by atoms with E-state index in [-0.39, 0.29) is 60.7 Å². The van der Waals surface area contributed by atoms with Crippen LogP contribution in [0.4, 0.5) is 21.6 Å². The Morgan fingerprint density at radius 3 is 2.44 bits per heavy atom. The van der Waals surface area contributed by atoms with Crippen molar-refractivity contribution in [1.29, 1.82) is 0 Å². The molecule has 7 heterocycles. The minimum absolute atomic E-state index is 0. The topological polar surface area (TPSA) is 199 Å². The second kappa shape index (κ2) is 21.4. The lowest BCUT2D eigenvalue weighted by molar-refractivity contribution is -0.137. The highest BCUT2D eigenvalue weighted by molar-refractivity contribution is 7.99. The summed E-state index contributed by atoms with van der Waals surface area (Å²) in [6, 6.07) is 16.5. The fraction of sp³-hybridized carbons (Fsp3) is 0.358. The lowest BCUT2D eigenvalue weighted by Crippen LogP contribution is -2.52. The number of anilines is 3. The van der Waals surface area contributed by atoms with Crippen molar-refractivity contribution in [2.75, 3.05) is 47.8 Å². The van der Waals surface area contributed by atoms with E-state index in [0.717, 1.165) is 89.8 Å². The molecule has 2 atom stereocenters. The van der Waals surface area contributed by atoms with E-state index in [1.165, 1.54) is 22.7 Å². The maximum absolute atomic E-state index is 15.7. The van der Waals surface area contributed by atoms with Gasteiger partial charge >= 0.3 is 0 Å². The molecule has 0 radical (unpaired) electrons. The van der Waals surface area contributed by atoms with Crippen LogP contribution in [0.15, 0.2) is 124 Å². The van der Waals surface area contributed by atoms with Crippen molar-refractivity contribution in [3.63, 3.8) is 0 Å². The van der Waals surface area contributed by atoms with Crippen molar-refractivity contribution in [2.45, 2.75) is 98.5 Å². The summed E-state index contributed by atoms with van der Waals surface area (Å²) in [5, 5.41) is 8.93. The van der Waals surface area contributed by atoms with Gasteiger partial charge in [0.05, 0.1) is 18.1 Å². The van der Waals surface area contributed by atoms with E-state index in [9.17, 15) is 24.0 Å². The Bertz CT molecular complexity index is 2880. The third-order valence-electron chi connectivity index (χ3n) is 14.3. The van der Waals surface area contributed by atoms with Crippen LogP contribution in [-0.4, -0.2) is 112 Å². The molecule has 374 valence electrons.